The Hall–Kier alpha value is -4.78. The van der Waals surface area contributed by atoms with E-state index in [1.54, 1.807) is 12.1 Å². The molecule has 0 saturated heterocycles. The molecule has 2 aromatic carbocycles. The molecule has 11 nitrogen and oxygen atoms in total. The molecule has 42 heavy (non-hydrogen) atoms. The molecule has 0 spiro atoms. The molecule has 0 fully saturated rings. The van der Waals surface area contributed by atoms with Crippen molar-refractivity contribution in [2.45, 2.75) is 32.9 Å². The Morgan fingerprint density at radius 3 is 2.57 bits per heavy atom. The molecule has 2 aromatic heterocycles. The van der Waals surface area contributed by atoms with Crippen LogP contribution < -0.4 is 25.4 Å². The summed E-state index contributed by atoms with van der Waals surface area (Å²) in [4.78, 5) is 32.8. The highest BCUT2D eigenvalue weighted by Gasteiger charge is 2.18. The number of benzene rings is 2. The van der Waals surface area contributed by atoms with Crippen LogP contribution in [0, 0.1) is 11.6 Å². The highest BCUT2D eigenvalue weighted by atomic mass is 35.5. The molecule has 0 atom stereocenters. The molecule has 2 amide bonds. The van der Waals surface area contributed by atoms with E-state index in [4.69, 9.17) is 21.1 Å². The van der Waals surface area contributed by atoms with Crippen LogP contribution in [0.15, 0.2) is 55.0 Å². The van der Waals surface area contributed by atoms with Gasteiger partial charge in [-0.15, -0.1) is 16.7 Å². The zero-order valence-corrected chi connectivity index (χ0v) is 23.9. The quantitative estimate of drug-likeness (QED) is 0.165. The molecule has 14 heteroatoms. The number of allylic oxidation sites excluding steroid dienone is 1. The van der Waals surface area contributed by atoms with Gasteiger partial charge in [0.1, 0.15) is 36.0 Å². The summed E-state index contributed by atoms with van der Waals surface area (Å²) in [5, 5.41) is 12.8. The van der Waals surface area contributed by atoms with Crippen molar-refractivity contribution < 1.29 is 27.8 Å². The maximum atomic E-state index is 15.1. The number of aromatic nitrogens is 4. The second kappa shape index (κ2) is 12.8. The average molecular weight is 600 g/mol. The number of nitrogens with one attached hydrogen (secondary N) is 3. The van der Waals surface area contributed by atoms with Crippen molar-refractivity contribution >= 4 is 51.5 Å². The monoisotopic (exact) mass is 599 g/mol. The molecule has 0 radical (unpaired) electrons. The number of hydrogen-bond acceptors (Lipinski definition) is 8. The number of hydrogen-bond donors (Lipinski definition) is 3. The predicted molar refractivity (Wildman–Crippen MR) is 154 cm³/mol. The van der Waals surface area contributed by atoms with Gasteiger partial charge in [0.2, 0.25) is 17.6 Å². The van der Waals surface area contributed by atoms with Crippen molar-refractivity contribution in [2.24, 2.45) is 0 Å². The largest absolute Gasteiger partial charge is 0.494 e. The number of amides is 2. The Labute approximate surface area is 244 Å². The first-order valence-electron chi connectivity index (χ1n) is 12.6. The summed E-state index contributed by atoms with van der Waals surface area (Å²) in [6.45, 7) is 5.24. The number of carbonyl (C=O) groups excluding carboxylic acids is 2. The standard InChI is InChI=1S/C28H28ClF2N7O4/c1-28(2,3)36-25(40)14-38-13-19(31)27(37-38)42-16-7-8-20(18(30)10-16)35-26-17-11-22(34-24(39)6-5-9-29)23(41-4)12-21(17)32-15-33-26/h5-8,10-13,15H,9,14H2,1-4H3,(H,34,39)(H,36,40)(H,32,33,35)/b6-5+. The summed E-state index contributed by atoms with van der Waals surface area (Å²) in [7, 11) is 1.45. The van der Waals surface area contributed by atoms with Crippen molar-refractivity contribution in [1.29, 1.82) is 0 Å². The average Bonchev–Trinajstić information content (AvgIpc) is 3.25. The van der Waals surface area contributed by atoms with E-state index in [0.29, 0.717) is 22.3 Å². The molecular formula is C28H28ClF2N7O4. The van der Waals surface area contributed by atoms with Crippen LogP contribution in [-0.2, 0) is 16.1 Å². The number of alkyl halides is 1. The fourth-order valence-corrected chi connectivity index (χ4v) is 3.90. The van der Waals surface area contributed by atoms with Gasteiger partial charge in [-0.2, -0.15) is 4.39 Å². The van der Waals surface area contributed by atoms with Crippen LogP contribution in [0.25, 0.3) is 10.9 Å². The molecule has 0 unspecified atom stereocenters. The third-order valence-corrected chi connectivity index (χ3v) is 5.67. The van der Waals surface area contributed by atoms with Gasteiger partial charge in [-0.25, -0.2) is 14.4 Å². The molecule has 2 heterocycles. The summed E-state index contributed by atoms with van der Waals surface area (Å²) >= 11 is 5.60. The van der Waals surface area contributed by atoms with E-state index in [-0.39, 0.29) is 35.6 Å². The Morgan fingerprint density at radius 1 is 1.10 bits per heavy atom. The van der Waals surface area contributed by atoms with Gasteiger partial charge in [0.05, 0.1) is 30.2 Å². The van der Waals surface area contributed by atoms with Crippen LogP contribution in [0.3, 0.4) is 0 Å². The van der Waals surface area contributed by atoms with Gasteiger partial charge in [-0.1, -0.05) is 6.08 Å². The fourth-order valence-electron chi connectivity index (χ4n) is 3.81. The van der Waals surface area contributed by atoms with Gasteiger partial charge >= 0.3 is 0 Å². The van der Waals surface area contributed by atoms with Crippen LogP contribution in [0.4, 0.5) is 26.0 Å². The number of anilines is 3. The SMILES string of the molecule is COc1cc2ncnc(Nc3ccc(Oc4nn(CC(=O)NC(C)(C)C)cc4F)cc3F)c2cc1NC(=O)/C=C/CCl. The van der Waals surface area contributed by atoms with Crippen molar-refractivity contribution in [1.82, 2.24) is 25.1 Å². The lowest BCUT2D eigenvalue weighted by molar-refractivity contribution is -0.123. The molecule has 220 valence electrons. The summed E-state index contributed by atoms with van der Waals surface area (Å²) < 4.78 is 41.4. The molecule has 4 rings (SSSR count). The lowest BCUT2D eigenvalue weighted by Crippen LogP contribution is -2.42. The molecule has 3 N–H and O–H groups in total. The van der Waals surface area contributed by atoms with E-state index in [0.717, 1.165) is 16.9 Å². The van der Waals surface area contributed by atoms with Crippen LogP contribution in [-0.4, -0.2) is 50.1 Å². The number of ether oxygens (including phenoxy) is 2. The topological polar surface area (TPSA) is 132 Å². The third kappa shape index (κ3) is 7.69. The van der Waals surface area contributed by atoms with E-state index in [1.807, 2.05) is 20.8 Å². The minimum absolute atomic E-state index is 0.0198. The first kappa shape index (κ1) is 30.2. The first-order chi connectivity index (χ1) is 20.0. The predicted octanol–water partition coefficient (Wildman–Crippen LogP) is 5.30. The first-order valence-corrected chi connectivity index (χ1v) is 13.1. The van der Waals surface area contributed by atoms with E-state index < -0.39 is 29.0 Å². The third-order valence-electron chi connectivity index (χ3n) is 5.49. The van der Waals surface area contributed by atoms with E-state index in [9.17, 15) is 14.0 Å². The maximum absolute atomic E-state index is 15.1. The van der Waals surface area contributed by atoms with Crippen molar-refractivity contribution in [3.63, 3.8) is 0 Å². The summed E-state index contributed by atoms with van der Waals surface area (Å²) in [6, 6.07) is 7.05. The van der Waals surface area contributed by atoms with Crippen LogP contribution in [0.2, 0.25) is 0 Å². The van der Waals surface area contributed by atoms with Crippen LogP contribution in [0.1, 0.15) is 20.8 Å². The molecule has 0 bridgehead atoms. The van der Waals surface area contributed by atoms with Crippen molar-refractivity contribution in [2.75, 3.05) is 23.6 Å². The minimum atomic E-state index is -0.815. The molecule has 0 saturated carbocycles. The number of halogens is 3. The molecule has 0 aliphatic rings. The fraction of sp³-hybridized carbons (Fsp3) is 0.250. The van der Waals surface area contributed by atoms with Gasteiger partial charge in [-0.3, -0.25) is 14.3 Å². The molecule has 0 aliphatic carbocycles. The lowest BCUT2D eigenvalue weighted by Gasteiger charge is -2.20. The van der Waals surface area contributed by atoms with Crippen molar-refractivity contribution in [3.05, 3.63) is 66.6 Å². The molecule has 0 aliphatic heterocycles. The maximum Gasteiger partial charge on any atom is 0.274 e. The van der Waals surface area contributed by atoms with E-state index in [1.165, 1.54) is 37.7 Å². The second-order valence-corrected chi connectivity index (χ2v) is 10.3. The smallest absolute Gasteiger partial charge is 0.274 e. The number of rotatable bonds is 10. The van der Waals surface area contributed by atoms with Gasteiger partial charge < -0.3 is 25.4 Å². The van der Waals surface area contributed by atoms with Crippen molar-refractivity contribution in [3.8, 4) is 17.4 Å². The number of carbonyl (C=O) groups is 2. The number of methoxy groups -OCH3 is 1. The van der Waals surface area contributed by atoms with Gasteiger partial charge in [0.15, 0.2) is 0 Å². The van der Waals surface area contributed by atoms with Gasteiger partial charge in [0.25, 0.3) is 5.88 Å². The minimum Gasteiger partial charge on any atom is -0.494 e. The van der Waals surface area contributed by atoms with Gasteiger partial charge in [-0.05, 0) is 39.0 Å². The summed E-state index contributed by atoms with van der Waals surface area (Å²) in [5.74, 6) is -1.96. The normalized spacial score (nSPS) is 11.5. The Morgan fingerprint density at radius 2 is 1.88 bits per heavy atom. The highest BCUT2D eigenvalue weighted by Crippen LogP contribution is 2.34. The van der Waals surface area contributed by atoms with Crippen LogP contribution >= 0.6 is 11.6 Å². The Bertz CT molecular complexity index is 1650. The van der Waals surface area contributed by atoms with E-state index in [2.05, 4.69) is 31.0 Å². The zero-order valence-electron chi connectivity index (χ0n) is 23.2. The Balaban J connectivity index is 1.53. The number of fused-ring (bicyclic) bond motifs is 1. The second-order valence-electron chi connectivity index (χ2n) is 9.98. The van der Waals surface area contributed by atoms with Gasteiger partial charge in [0, 0.05) is 35.0 Å². The summed E-state index contributed by atoms with van der Waals surface area (Å²) in [5.41, 5.74) is 0.397. The van der Waals surface area contributed by atoms with E-state index >= 15 is 4.39 Å². The summed E-state index contributed by atoms with van der Waals surface area (Å²) in [6.07, 6.45) is 5.09. The zero-order chi connectivity index (χ0) is 30.4. The Kier molecular flexibility index (Phi) is 9.21. The molecule has 4 aromatic rings. The lowest BCUT2D eigenvalue weighted by atomic mass is 10.1. The molecular weight excluding hydrogens is 572 g/mol. The number of nitrogens with zero attached hydrogens (tertiary/aromatic N) is 4. The van der Waals surface area contributed by atoms with Crippen LogP contribution in [0.5, 0.6) is 17.4 Å². The highest BCUT2D eigenvalue weighted by molar-refractivity contribution is 6.19.